The topological polar surface area (TPSA) is 400 Å². The van der Waals surface area contributed by atoms with Gasteiger partial charge < -0.3 is 22.1 Å². The summed E-state index contributed by atoms with van der Waals surface area (Å²) in [6, 6.07) is 20.3. The Labute approximate surface area is 441 Å². The van der Waals surface area contributed by atoms with Crippen LogP contribution in [0.5, 0.6) is 0 Å². The number of carbonyl (C=O) groups excluding carboxylic acids is 2. The number of rotatable bonds is 19. The van der Waals surface area contributed by atoms with Crippen LogP contribution in [0.4, 0.5) is 52.5 Å². The number of aromatic nitrogens is 6. The summed E-state index contributed by atoms with van der Waals surface area (Å²) in [4.78, 5) is 46.4. The van der Waals surface area contributed by atoms with Gasteiger partial charge in [0.05, 0.1) is 17.1 Å². The number of benzene rings is 6. The number of nitrogens with two attached hydrogens (primary N) is 2. The third kappa shape index (κ3) is 14.2. The molecule has 0 aliphatic carbocycles. The Balaban J connectivity index is 0.900. The highest BCUT2D eigenvalue weighted by Gasteiger charge is 2.22. The predicted molar refractivity (Wildman–Crippen MR) is 276 cm³/mol. The van der Waals surface area contributed by atoms with Crippen molar-refractivity contribution in [2.45, 2.75) is 66.6 Å². The molecule has 2 heterocycles. The molecule has 9 N–H and O–H groups in total. The molecule has 8 rings (SSSR count). The Morgan fingerprint density at radius 2 is 1.00 bits per heavy atom. The van der Waals surface area contributed by atoms with Crippen LogP contribution < -0.4 is 22.1 Å². The van der Waals surface area contributed by atoms with Gasteiger partial charge in [0.2, 0.25) is 0 Å². The number of hydrogen-bond acceptors (Lipinski definition) is 18. The maximum absolute atomic E-state index is 14.7. The average Bonchev–Trinajstić information content (AvgIpc) is 3.38. The maximum Gasteiger partial charge on any atom is 0.316 e. The molecule has 30 heteroatoms. The van der Waals surface area contributed by atoms with E-state index in [1.807, 2.05) is 0 Å². The van der Waals surface area contributed by atoms with Crippen LogP contribution in [0.15, 0.2) is 132 Å². The van der Waals surface area contributed by atoms with Crippen molar-refractivity contribution >= 4 is 98.1 Å². The lowest BCUT2D eigenvalue weighted by atomic mass is 10.1. The van der Waals surface area contributed by atoms with Crippen LogP contribution >= 0.6 is 0 Å². The fourth-order valence-corrected chi connectivity index (χ4v) is 10.2. The minimum Gasteiger partial charge on any atom is -0.351 e. The van der Waals surface area contributed by atoms with Gasteiger partial charge >= 0.3 is 24.2 Å². The van der Waals surface area contributed by atoms with Crippen LogP contribution in [0.1, 0.15) is 59.3 Å². The lowest BCUT2D eigenvalue weighted by Crippen LogP contribution is -2.19. The second kappa shape index (κ2) is 22.8. The molecule has 8 aromatic rings. The van der Waals surface area contributed by atoms with E-state index in [4.69, 9.17) is 11.5 Å². The number of urea groups is 2. The SMILES string of the molecule is Cc1cc(S(=O)(=O)O)c2cc(N=Nc3ccc(Cc4nc(F)nc(CCCCCc5nc(F)nc(Cc6ccc(N=Nc7cc8c(S(=O)(=O)O)cccc8cc7S(=O)(=O)O)c(NC(N)=O)c6)n5)n4)cc3NC(N)=O)ccc2c1. The molecule has 0 spiro atoms. The second-order valence-electron chi connectivity index (χ2n) is 17.3. The van der Waals surface area contributed by atoms with Gasteiger partial charge in [0.25, 0.3) is 30.4 Å². The van der Waals surface area contributed by atoms with Crippen molar-refractivity contribution in [1.29, 1.82) is 0 Å². The Kier molecular flexibility index (Phi) is 16.2. The number of aryl methyl sites for hydroxylation is 3. The van der Waals surface area contributed by atoms with Crippen LogP contribution in [0.25, 0.3) is 21.5 Å². The number of unbranched alkanes of at least 4 members (excludes halogenated alkanes) is 2. The zero-order valence-electron chi connectivity index (χ0n) is 40.4. The number of nitrogens with one attached hydrogen (secondary N) is 2. The smallest absolute Gasteiger partial charge is 0.316 e. The van der Waals surface area contributed by atoms with E-state index in [2.05, 4.69) is 61.0 Å². The molecular formula is C48H42F2N14O11S3. The molecule has 402 valence electrons. The number of nitrogens with zero attached hydrogens (tertiary/aromatic N) is 10. The van der Waals surface area contributed by atoms with Crippen LogP contribution in [0, 0.1) is 19.1 Å². The van der Waals surface area contributed by atoms with E-state index in [-0.39, 0.29) is 98.5 Å². The second-order valence-corrected chi connectivity index (χ2v) is 21.4. The number of anilines is 2. The quantitative estimate of drug-likeness (QED) is 0.0226. The number of fused-ring (bicyclic) bond motifs is 2. The van der Waals surface area contributed by atoms with E-state index in [1.54, 1.807) is 31.2 Å². The fourth-order valence-electron chi connectivity index (χ4n) is 8.11. The third-order valence-corrected chi connectivity index (χ3v) is 14.1. The third-order valence-electron chi connectivity index (χ3n) is 11.4. The molecule has 0 fully saturated rings. The van der Waals surface area contributed by atoms with Crippen LogP contribution in [0.3, 0.4) is 0 Å². The Hall–Kier alpha value is -8.81. The summed E-state index contributed by atoms with van der Waals surface area (Å²) in [6.45, 7) is 1.69. The normalized spacial score (nSPS) is 12.2. The van der Waals surface area contributed by atoms with Crippen LogP contribution in [-0.2, 0) is 56.0 Å². The molecule has 0 saturated carbocycles. The van der Waals surface area contributed by atoms with Gasteiger partial charge in [-0.05, 0) is 108 Å². The van der Waals surface area contributed by atoms with Crippen LogP contribution in [0.2, 0.25) is 0 Å². The highest BCUT2D eigenvalue weighted by Crippen LogP contribution is 2.37. The zero-order valence-corrected chi connectivity index (χ0v) is 42.9. The van der Waals surface area contributed by atoms with Gasteiger partial charge in [-0.25, -0.2) is 19.6 Å². The first-order valence-electron chi connectivity index (χ1n) is 22.9. The molecule has 78 heavy (non-hydrogen) atoms. The van der Waals surface area contributed by atoms with Crippen molar-refractivity contribution in [3.05, 3.63) is 149 Å². The molecule has 0 unspecified atom stereocenters. The zero-order chi connectivity index (χ0) is 56.1. The number of hydrogen-bond donors (Lipinski definition) is 7. The van der Waals surface area contributed by atoms with E-state index in [1.165, 1.54) is 54.6 Å². The summed E-state index contributed by atoms with van der Waals surface area (Å²) in [7, 11) is -14.3. The Bertz CT molecular complexity index is 4140. The summed E-state index contributed by atoms with van der Waals surface area (Å²) in [5.74, 6) is 0.389. The van der Waals surface area contributed by atoms with Gasteiger partial charge in [-0.1, -0.05) is 42.8 Å². The van der Waals surface area contributed by atoms with Gasteiger partial charge in [-0.3, -0.25) is 13.7 Å². The molecule has 25 nitrogen and oxygen atoms in total. The van der Waals surface area contributed by atoms with Crippen molar-refractivity contribution < 1.29 is 57.3 Å². The monoisotopic (exact) mass is 1120 g/mol. The van der Waals surface area contributed by atoms with E-state index in [9.17, 15) is 57.3 Å². The fraction of sp³-hybridized carbons (Fsp3) is 0.167. The summed E-state index contributed by atoms with van der Waals surface area (Å²) in [5.41, 5.74) is 12.3. The average molecular weight is 1130 g/mol. The van der Waals surface area contributed by atoms with E-state index in [0.717, 1.165) is 18.2 Å². The van der Waals surface area contributed by atoms with Crippen molar-refractivity contribution in [3.8, 4) is 0 Å². The van der Waals surface area contributed by atoms with Gasteiger partial charge in [-0.2, -0.15) is 59.1 Å². The number of amides is 4. The van der Waals surface area contributed by atoms with Gasteiger partial charge in [0, 0.05) is 36.5 Å². The molecular weight excluding hydrogens is 1080 g/mol. The number of halogens is 2. The van der Waals surface area contributed by atoms with Crippen molar-refractivity contribution in [2.75, 3.05) is 10.6 Å². The minimum absolute atomic E-state index is 0.00250. The standard InChI is InChI=1S/C48H42F2N14O11S3/c1-25-16-29-12-13-30(23-31(29)39(17-25)77(70,71)72)61-62-33-14-10-26(18-35(33)53-47(51)65)20-43-55-41(57-45(49)59-43)8-3-2-4-9-42-56-44(60-46(50)58-42)21-27-11-15-34(36(19-27)54-48(52)66)63-64-37-24-32-28(22-40(37)78(73,74)75)6-5-7-38(32)76(67,68)69/h5-7,10-19,22-24H,2-4,8-9,20-21H2,1H3,(H3,51,53,65)(H3,52,54,66)(H,67,68,69)(H,70,71,72)(H,73,74,75). The van der Waals surface area contributed by atoms with Crippen molar-refractivity contribution in [3.63, 3.8) is 0 Å². The molecule has 4 amide bonds. The largest absolute Gasteiger partial charge is 0.351 e. The Morgan fingerprint density at radius 1 is 0.513 bits per heavy atom. The van der Waals surface area contributed by atoms with Gasteiger partial charge in [0.1, 0.15) is 55.0 Å². The van der Waals surface area contributed by atoms with Crippen molar-refractivity contribution in [2.24, 2.45) is 31.9 Å². The van der Waals surface area contributed by atoms with Crippen LogP contribution in [-0.4, -0.2) is 80.9 Å². The summed E-state index contributed by atoms with van der Waals surface area (Å²) < 4.78 is 132. The highest BCUT2D eigenvalue weighted by molar-refractivity contribution is 7.86. The molecule has 0 saturated heterocycles. The van der Waals surface area contributed by atoms with E-state index < -0.39 is 70.1 Å². The number of azo groups is 2. The van der Waals surface area contributed by atoms with E-state index in [0.29, 0.717) is 41.3 Å². The lowest BCUT2D eigenvalue weighted by Gasteiger charge is -2.10. The van der Waals surface area contributed by atoms with Gasteiger partial charge in [0.15, 0.2) is 0 Å². The molecule has 0 aliphatic heterocycles. The molecule has 6 aromatic carbocycles. The molecule has 0 bridgehead atoms. The van der Waals surface area contributed by atoms with Gasteiger partial charge in [-0.15, -0.1) is 15.3 Å². The first kappa shape index (κ1) is 55.4. The maximum atomic E-state index is 14.7. The molecule has 0 aliphatic rings. The Morgan fingerprint density at radius 3 is 1.53 bits per heavy atom. The molecule has 0 atom stereocenters. The highest BCUT2D eigenvalue weighted by atomic mass is 32.2. The molecule has 0 radical (unpaired) electrons. The summed E-state index contributed by atoms with van der Waals surface area (Å²) in [6.07, 6.45) is -0.213. The lowest BCUT2D eigenvalue weighted by molar-refractivity contribution is 0.258. The first-order valence-corrected chi connectivity index (χ1v) is 27.2. The van der Waals surface area contributed by atoms with E-state index >= 15 is 0 Å². The van der Waals surface area contributed by atoms with Crippen molar-refractivity contribution in [1.82, 2.24) is 29.9 Å². The predicted octanol–water partition coefficient (Wildman–Crippen LogP) is 8.64. The summed E-state index contributed by atoms with van der Waals surface area (Å²) >= 11 is 0. The summed E-state index contributed by atoms with van der Waals surface area (Å²) in [5, 5.41) is 21.8. The minimum atomic E-state index is -4.96. The molecule has 2 aromatic heterocycles. The number of carbonyl (C=O) groups is 2. The first-order chi connectivity index (χ1) is 36.8. The number of primary amides is 2.